The molecule has 1 aliphatic rings. The summed E-state index contributed by atoms with van der Waals surface area (Å²) in [5.74, 6) is 1.19. The van der Waals surface area contributed by atoms with E-state index in [1.165, 1.54) is 11.2 Å². The van der Waals surface area contributed by atoms with Crippen molar-refractivity contribution in [2.75, 3.05) is 0 Å². The number of Topliss-reactive ketones (excluding diaryl/α,β-unsaturated/α-hetero) is 1. The molecule has 0 aromatic carbocycles. The molecule has 1 aromatic heterocycles. The number of aryl methyl sites for hydroxylation is 1. The maximum absolute atomic E-state index is 11.7. The highest BCUT2D eigenvalue weighted by atomic mass is 16.1. The molecule has 0 bridgehead atoms. The van der Waals surface area contributed by atoms with Crippen LogP contribution in [0.2, 0.25) is 0 Å². The van der Waals surface area contributed by atoms with Crippen LogP contribution in [0.4, 0.5) is 0 Å². The number of nitrogens with zero attached hydrogens (tertiary/aromatic N) is 4. The number of carbonyl (C=O) groups excluding carboxylic acids is 1. The molecule has 1 unspecified atom stereocenters. The van der Waals surface area contributed by atoms with Crippen molar-refractivity contribution in [3.63, 3.8) is 0 Å². The van der Waals surface area contributed by atoms with Crippen LogP contribution in [0.3, 0.4) is 0 Å². The second-order valence-corrected chi connectivity index (χ2v) is 4.16. The lowest BCUT2D eigenvalue weighted by molar-refractivity contribution is -0.122. The predicted octanol–water partition coefficient (Wildman–Crippen LogP) is 0.902. The molecule has 1 heterocycles. The minimum absolute atomic E-state index is 0.122. The maximum Gasteiger partial charge on any atom is 0.175 e. The molecule has 0 aliphatic heterocycles. The molecule has 5 nitrogen and oxygen atoms in total. The number of tetrazole rings is 1. The summed E-state index contributed by atoms with van der Waals surface area (Å²) in [5.41, 5.74) is 0. The summed E-state index contributed by atoms with van der Waals surface area (Å²) in [6, 6.07) is 0. The van der Waals surface area contributed by atoms with Gasteiger partial charge in [0.2, 0.25) is 0 Å². The minimum atomic E-state index is 0.122. The highest BCUT2D eigenvalue weighted by molar-refractivity contribution is 5.81. The standard InChI is InChI=1S/C10H16N4O/c1-14-12-10(11-13-14)7-8-5-3-2-4-6-9(8)15/h8H,2-7H2,1H3. The van der Waals surface area contributed by atoms with Crippen LogP contribution >= 0.6 is 0 Å². The van der Waals surface area contributed by atoms with Gasteiger partial charge in [-0.3, -0.25) is 4.79 Å². The van der Waals surface area contributed by atoms with Crippen LogP contribution < -0.4 is 0 Å². The fraction of sp³-hybridized carbons (Fsp3) is 0.800. The molecule has 0 spiro atoms. The fourth-order valence-electron chi connectivity index (χ4n) is 2.07. The van der Waals surface area contributed by atoms with Crippen molar-refractivity contribution in [2.45, 2.75) is 38.5 Å². The fourth-order valence-corrected chi connectivity index (χ4v) is 2.07. The number of carbonyl (C=O) groups is 1. The number of rotatable bonds is 2. The molecule has 1 aliphatic carbocycles. The SMILES string of the molecule is Cn1nnc(CC2CCCCCC2=O)n1. The van der Waals surface area contributed by atoms with Crippen LogP contribution in [0.25, 0.3) is 0 Å². The molecular weight excluding hydrogens is 192 g/mol. The predicted molar refractivity (Wildman–Crippen MR) is 54.1 cm³/mol. The highest BCUT2D eigenvalue weighted by Crippen LogP contribution is 2.22. The van der Waals surface area contributed by atoms with Crippen molar-refractivity contribution in [3.05, 3.63) is 5.82 Å². The van der Waals surface area contributed by atoms with E-state index in [2.05, 4.69) is 15.4 Å². The molecule has 0 amide bonds. The first-order valence-electron chi connectivity index (χ1n) is 5.51. The van der Waals surface area contributed by atoms with Gasteiger partial charge < -0.3 is 0 Å². The number of ketones is 1. The summed E-state index contributed by atoms with van der Waals surface area (Å²) in [6.07, 6.45) is 5.74. The summed E-state index contributed by atoms with van der Waals surface area (Å²) in [4.78, 5) is 13.2. The van der Waals surface area contributed by atoms with Gasteiger partial charge in [0.05, 0.1) is 7.05 Å². The van der Waals surface area contributed by atoms with Gasteiger partial charge in [-0.25, -0.2) is 0 Å². The lowest BCUT2D eigenvalue weighted by Crippen LogP contribution is -2.16. The Morgan fingerprint density at radius 3 is 3.00 bits per heavy atom. The van der Waals surface area contributed by atoms with Crippen molar-refractivity contribution in [2.24, 2.45) is 13.0 Å². The van der Waals surface area contributed by atoms with E-state index in [9.17, 15) is 4.79 Å². The molecule has 0 saturated heterocycles. The third-order valence-electron chi connectivity index (χ3n) is 2.91. The molecule has 1 saturated carbocycles. The zero-order valence-electron chi connectivity index (χ0n) is 9.02. The van der Waals surface area contributed by atoms with Crippen LogP contribution in [-0.4, -0.2) is 26.0 Å². The second kappa shape index (κ2) is 4.51. The quantitative estimate of drug-likeness (QED) is 0.677. The number of aromatic nitrogens is 4. The molecule has 82 valence electrons. The van der Waals surface area contributed by atoms with Crippen LogP contribution in [0.1, 0.15) is 37.9 Å². The van der Waals surface area contributed by atoms with Crippen LogP contribution in [0.5, 0.6) is 0 Å². The van der Waals surface area contributed by atoms with Crippen molar-refractivity contribution in [1.29, 1.82) is 0 Å². The summed E-state index contributed by atoms with van der Waals surface area (Å²) in [7, 11) is 1.74. The molecule has 1 aromatic rings. The summed E-state index contributed by atoms with van der Waals surface area (Å²) < 4.78 is 0. The molecular formula is C10H16N4O. The Bertz CT molecular complexity index is 347. The van der Waals surface area contributed by atoms with Crippen LogP contribution in [-0.2, 0) is 18.3 Å². The molecule has 2 rings (SSSR count). The second-order valence-electron chi connectivity index (χ2n) is 4.16. The van der Waals surface area contributed by atoms with Gasteiger partial charge in [0.1, 0.15) is 5.78 Å². The monoisotopic (exact) mass is 208 g/mol. The van der Waals surface area contributed by atoms with Crippen molar-refractivity contribution in [3.8, 4) is 0 Å². The van der Waals surface area contributed by atoms with E-state index < -0.39 is 0 Å². The van der Waals surface area contributed by atoms with Gasteiger partial charge in [0, 0.05) is 18.8 Å². The van der Waals surface area contributed by atoms with E-state index in [4.69, 9.17) is 0 Å². The zero-order chi connectivity index (χ0) is 10.7. The van der Waals surface area contributed by atoms with Gasteiger partial charge >= 0.3 is 0 Å². The van der Waals surface area contributed by atoms with Gasteiger partial charge in [0.25, 0.3) is 0 Å². The van der Waals surface area contributed by atoms with E-state index in [1.54, 1.807) is 7.05 Å². The van der Waals surface area contributed by atoms with Crippen molar-refractivity contribution < 1.29 is 4.79 Å². The third kappa shape index (κ3) is 2.61. The van der Waals surface area contributed by atoms with Gasteiger partial charge in [-0.2, -0.15) is 4.80 Å². The van der Waals surface area contributed by atoms with Gasteiger partial charge in [0.15, 0.2) is 5.82 Å². The Kier molecular flexibility index (Phi) is 3.08. The molecule has 1 fully saturated rings. The molecule has 0 N–H and O–H groups in total. The van der Waals surface area contributed by atoms with Crippen molar-refractivity contribution >= 4 is 5.78 Å². The Balaban J connectivity index is 2.00. The first-order chi connectivity index (χ1) is 7.25. The highest BCUT2D eigenvalue weighted by Gasteiger charge is 2.22. The van der Waals surface area contributed by atoms with E-state index in [-0.39, 0.29) is 5.92 Å². The molecule has 5 heteroatoms. The van der Waals surface area contributed by atoms with Gasteiger partial charge in [-0.1, -0.05) is 12.8 Å². The first-order valence-corrected chi connectivity index (χ1v) is 5.51. The summed E-state index contributed by atoms with van der Waals surface area (Å²) in [6.45, 7) is 0. The number of hydrogen-bond donors (Lipinski definition) is 0. The Labute approximate surface area is 88.9 Å². The topological polar surface area (TPSA) is 60.7 Å². The van der Waals surface area contributed by atoms with E-state index in [1.807, 2.05) is 0 Å². The number of hydrogen-bond acceptors (Lipinski definition) is 4. The Morgan fingerprint density at radius 2 is 2.27 bits per heavy atom. The Morgan fingerprint density at radius 1 is 1.40 bits per heavy atom. The average Bonchev–Trinajstić information content (AvgIpc) is 2.50. The summed E-state index contributed by atoms with van der Waals surface area (Å²) in [5, 5.41) is 11.8. The average molecular weight is 208 g/mol. The normalized spacial score (nSPS) is 22.7. The smallest absolute Gasteiger partial charge is 0.175 e. The third-order valence-corrected chi connectivity index (χ3v) is 2.91. The van der Waals surface area contributed by atoms with Crippen LogP contribution in [0.15, 0.2) is 0 Å². The first kappa shape index (κ1) is 10.3. The van der Waals surface area contributed by atoms with Gasteiger partial charge in [-0.05, 0) is 18.1 Å². The van der Waals surface area contributed by atoms with E-state index >= 15 is 0 Å². The molecule has 15 heavy (non-hydrogen) atoms. The van der Waals surface area contributed by atoms with E-state index in [0.717, 1.165) is 25.7 Å². The largest absolute Gasteiger partial charge is 0.299 e. The van der Waals surface area contributed by atoms with Crippen molar-refractivity contribution in [1.82, 2.24) is 20.2 Å². The zero-order valence-corrected chi connectivity index (χ0v) is 9.02. The lowest BCUT2D eigenvalue weighted by Gasteiger charge is -2.09. The Hall–Kier alpha value is -1.26. The molecule has 0 radical (unpaired) electrons. The summed E-state index contributed by atoms with van der Waals surface area (Å²) >= 11 is 0. The lowest BCUT2D eigenvalue weighted by atomic mass is 9.95. The molecule has 1 atom stereocenters. The van der Waals surface area contributed by atoms with Gasteiger partial charge in [-0.15, -0.1) is 10.2 Å². The maximum atomic E-state index is 11.7. The van der Waals surface area contributed by atoms with Crippen LogP contribution in [0, 0.1) is 5.92 Å². The van der Waals surface area contributed by atoms with E-state index in [0.29, 0.717) is 18.0 Å². The minimum Gasteiger partial charge on any atom is -0.299 e.